The fourth-order valence-electron chi connectivity index (χ4n) is 2.54. The highest BCUT2D eigenvalue weighted by atomic mass is 79.9. The molecule has 0 atom stereocenters. The second kappa shape index (κ2) is 12.2. The maximum absolute atomic E-state index is 12.4. The Balaban J connectivity index is 1.85. The molecule has 10 heteroatoms. The molecule has 2 aromatic carbocycles. The van der Waals surface area contributed by atoms with Gasteiger partial charge in [-0.25, -0.2) is 0 Å². The third-order valence-electron chi connectivity index (χ3n) is 3.98. The van der Waals surface area contributed by atoms with E-state index in [1.807, 2.05) is 20.8 Å². The Morgan fingerprint density at radius 2 is 1.66 bits per heavy atom. The summed E-state index contributed by atoms with van der Waals surface area (Å²) >= 11 is 8.44. The fraction of sp³-hybridized carbons (Fsp3) is 0.273. The summed E-state index contributed by atoms with van der Waals surface area (Å²) in [5.41, 5.74) is 6.23. The summed E-state index contributed by atoms with van der Waals surface area (Å²) in [5.74, 6) is -0.353. The lowest BCUT2D eigenvalue weighted by Crippen LogP contribution is -2.48. The number of anilines is 1. The molecule has 0 aromatic heterocycles. The van der Waals surface area contributed by atoms with E-state index in [4.69, 9.17) is 17.0 Å². The zero-order chi connectivity index (χ0) is 23.7. The molecular formula is C22H25BrN4O4S. The number of hydrazine groups is 1. The summed E-state index contributed by atoms with van der Waals surface area (Å²) < 4.78 is 6.26. The lowest BCUT2D eigenvalue weighted by Gasteiger charge is -2.13. The average molecular weight is 521 g/mol. The van der Waals surface area contributed by atoms with Crippen LogP contribution in [0.15, 0.2) is 46.9 Å². The van der Waals surface area contributed by atoms with E-state index in [0.717, 1.165) is 6.42 Å². The molecule has 0 aliphatic rings. The van der Waals surface area contributed by atoms with Gasteiger partial charge in [0.15, 0.2) is 5.11 Å². The summed E-state index contributed by atoms with van der Waals surface area (Å²) in [6, 6.07) is 11.3. The number of thiocarbonyl (C=S) groups is 1. The highest BCUT2D eigenvalue weighted by Gasteiger charge is 2.13. The predicted molar refractivity (Wildman–Crippen MR) is 131 cm³/mol. The van der Waals surface area contributed by atoms with E-state index in [-0.39, 0.29) is 17.1 Å². The molecule has 0 saturated heterocycles. The van der Waals surface area contributed by atoms with Crippen molar-refractivity contribution in [3.8, 4) is 5.75 Å². The predicted octanol–water partition coefficient (Wildman–Crippen LogP) is 3.92. The molecule has 3 amide bonds. The lowest BCUT2D eigenvalue weighted by atomic mass is 10.2. The van der Waals surface area contributed by atoms with Crippen molar-refractivity contribution in [2.45, 2.75) is 39.7 Å². The van der Waals surface area contributed by atoms with Gasteiger partial charge in [-0.2, -0.15) is 0 Å². The Kier molecular flexibility index (Phi) is 9.61. The van der Waals surface area contributed by atoms with E-state index in [9.17, 15) is 14.4 Å². The third kappa shape index (κ3) is 7.93. The molecular weight excluding hydrogens is 496 g/mol. The third-order valence-corrected chi connectivity index (χ3v) is 4.81. The first kappa shape index (κ1) is 25.3. The van der Waals surface area contributed by atoms with Crippen molar-refractivity contribution >= 4 is 56.7 Å². The van der Waals surface area contributed by atoms with Crippen molar-refractivity contribution in [2.75, 3.05) is 5.32 Å². The van der Waals surface area contributed by atoms with E-state index >= 15 is 0 Å². The van der Waals surface area contributed by atoms with Gasteiger partial charge in [0.1, 0.15) is 5.75 Å². The first-order valence-corrected chi connectivity index (χ1v) is 11.2. The number of carbonyl (C=O) groups excluding carboxylic acids is 3. The fourth-order valence-corrected chi connectivity index (χ4v) is 3.16. The van der Waals surface area contributed by atoms with Crippen LogP contribution in [0.2, 0.25) is 0 Å². The minimum Gasteiger partial charge on any atom is -0.490 e. The Bertz CT molecular complexity index is 996. The molecule has 0 unspecified atom stereocenters. The van der Waals surface area contributed by atoms with Gasteiger partial charge in [0, 0.05) is 23.2 Å². The van der Waals surface area contributed by atoms with Gasteiger partial charge in [-0.15, -0.1) is 0 Å². The number of rotatable bonds is 7. The first-order chi connectivity index (χ1) is 15.2. The number of hydrogen-bond donors (Lipinski definition) is 4. The summed E-state index contributed by atoms with van der Waals surface area (Å²) in [4.78, 5) is 36.3. The molecule has 170 valence electrons. The second-order valence-electron chi connectivity index (χ2n) is 7.05. The number of hydrogen-bond acceptors (Lipinski definition) is 5. The molecule has 0 saturated carbocycles. The molecule has 0 spiro atoms. The summed E-state index contributed by atoms with van der Waals surface area (Å²) in [5, 5.41) is 5.17. The van der Waals surface area contributed by atoms with Crippen molar-refractivity contribution in [1.82, 2.24) is 16.2 Å². The van der Waals surface area contributed by atoms with Crippen LogP contribution < -0.4 is 26.2 Å². The van der Waals surface area contributed by atoms with Crippen LogP contribution in [0.3, 0.4) is 0 Å². The van der Waals surface area contributed by atoms with Crippen LogP contribution >= 0.6 is 28.1 Å². The zero-order valence-electron chi connectivity index (χ0n) is 18.0. The first-order valence-electron chi connectivity index (χ1n) is 9.97. The summed E-state index contributed by atoms with van der Waals surface area (Å²) in [6.07, 6.45) is 1.19. The van der Waals surface area contributed by atoms with Crippen LogP contribution in [0.5, 0.6) is 5.75 Å². The smallest absolute Gasteiger partial charge is 0.269 e. The van der Waals surface area contributed by atoms with E-state index in [1.54, 1.807) is 42.5 Å². The Hall–Kier alpha value is -2.98. The van der Waals surface area contributed by atoms with Gasteiger partial charge in [-0.05, 0) is 90.9 Å². The molecule has 32 heavy (non-hydrogen) atoms. The average Bonchev–Trinajstić information content (AvgIpc) is 2.73. The number of halogens is 1. The maximum Gasteiger partial charge on any atom is 0.269 e. The van der Waals surface area contributed by atoms with Gasteiger partial charge < -0.3 is 10.1 Å². The Morgan fingerprint density at radius 3 is 2.25 bits per heavy atom. The van der Waals surface area contributed by atoms with Crippen molar-refractivity contribution < 1.29 is 19.1 Å². The number of benzene rings is 2. The van der Waals surface area contributed by atoms with E-state index in [1.165, 1.54) is 0 Å². The normalized spacial score (nSPS) is 10.3. The Labute approximate surface area is 200 Å². The van der Waals surface area contributed by atoms with Crippen molar-refractivity contribution in [2.24, 2.45) is 0 Å². The Morgan fingerprint density at radius 1 is 1.00 bits per heavy atom. The van der Waals surface area contributed by atoms with Crippen molar-refractivity contribution in [3.05, 3.63) is 58.1 Å². The van der Waals surface area contributed by atoms with Gasteiger partial charge in [0.05, 0.1) is 10.6 Å². The standard InChI is InChI=1S/C22H25BrN4O4S/c1-4-5-19(28)24-16-9-6-14(7-10-16)21(30)26-27-22(32)25-20(29)15-8-11-18(17(23)12-15)31-13(2)3/h6-13H,4-5H2,1-3H3,(H,24,28)(H,26,30)(H2,25,27,29,32). The number of amides is 3. The topological polar surface area (TPSA) is 109 Å². The van der Waals surface area contributed by atoms with Crippen LogP contribution in [0, 0.1) is 0 Å². The quantitative estimate of drug-likeness (QED) is 0.325. The molecule has 0 bridgehead atoms. The molecule has 0 aliphatic carbocycles. The van der Waals surface area contributed by atoms with Crippen LogP contribution in [-0.2, 0) is 4.79 Å². The summed E-state index contributed by atoms with van der Waals surface area (Å²) in [6.45, 7) is 5.74. The zero-order valence-corrected chi connectivity index (χ0v) is 20.4. The second-order valence-corrected chi connectivity index (χ2v) is 8.31. The highest BCUT2D eigenvalue weighted by Crippen LogP contribution is 2.26. The van der Waals surface area contributed by atoms with Gasteiger partial charge >= 0.3 is 0 Å². The van der Waals surface area contributed by atoms with Gasteiger partial charge in [-0.1, -0.05) is 6.92 Å². The van der Waals surface area contributed by atoms with Gasteiger partial charge in [0.2, 0.25) is 5.91 Å². The van der Waals surface area contributed by atoms with Crippen LogP contribution in [0.25, 0.3) is 0 Å². The molecule has 2 rings (SSSR count). The molecule has 0 aliphatic heterocycles. The van der Waals surface area contributed by atoms with E-state index in [2.05, 4.69) is 37.4 Å². The van der Waals surface area contributed by atoms with Gasteiger partial charge in [0.25, 0.3) is 11.8 Å². The molecule has 4 N–H and O–H groups in total. The van der Waals surface area contributed by atoms with Crippen LogP contribution in [0.1, 0.15) is 54.3 Å². The molecule has 2 aromatic rings. The molecule has 0 heterocycles. The maximum atomic E-state index is 12.4. The minimum absolute atomic E-state index is 0.00220. The van der Waals surface area contributed by atoms with Crippen molar-refractivity contribution in [3.63, 3.8) is 0 Å². The number of carbonyl (C=O) groups is 3. The summed E-state index contributed by atoms with van der Waals surface area (Å²) in [7, 11) is 0. The van der Waals surface area contributed by atoms with Crippen LogP contribution in [0.4, 0.5) is 5.69 Å². The highest BCUT2D eigenvalue weighted by molar-refractivity contribution is 9.10. The number of nitrogens with one attached hydrogen (secondary N) is 4. The van der Waals surface area contributed by atoms with Crippen molar-refractivity contribution in [1.29, 1.82) is 0 Å². The molecule has 8 nitrogen and oxygen atoms in total. The molecule has 0 fully saturated rings. The van der Waals surface area contributed by atoms with Crippen LogP contribution in [-0.4, -0.2) is 28.9 Å². The largest absolute Gasteiger partial charge is 0.490 e. The van der Waals surface area contributed by atoms with E-state index < -0.39 is 11.8 Å². The van der Waals surface area contributed by atoms with Gasteiger partial charge in [-0.3, -0.25) is 30.6 Å². The molecule has 0 radical (unpaired) electrons. The minimum atomic E-state index is -0.453. The lowest BCUT2D eigenvalue weighted by molar-refractivity contribution is -0.116. The SMILES string of the molecule is CCCC(=O)Nc1ccc(C(=O)NNC(=S)NC(=O)c2ccc(OC(C)C)c(Br)c2)cc1. The van der Waals surface area contributed by atoms with E-state index in [0.29, 0.717) is 33.5 Å². The number of ether oxygens (including phenoxy) is 1. The monoisotopic (exact) mass is 520 g/mol.